The molecule has 0 aliphatic rings. The van der Waals surface area contributed by atoms with Crippen LogP contribution in [0.1, 0.15) is 12.5 Å². The van der Waals surface area contributed by atoms with E-state index in [-0.39, 0.29) is 5.91 Å². The Balaban J connectivity index is 2.73. The lowest BCUT2D eigenvalue weighted by Crippen LogP contribution is -2.36. The molecule has 5 heteroatoms. The molecule has 0 aromatic heterocycles. The fraction of sp³-hybridized carbons (Fsp3) is 0.500. The minimum atomic E-state index is -0.975. The number of amides is 1. The van der Waals surface area contributed by atoms with Gasteiger partial charge in [0.15, 0.2) is 0 Å². The Morgan fingerprint density at radius 3 is 2.58 bits per heavy atom. The van der Waals surface area contributed by atoms with Crippen LogP contribution in [-0.2, 0) is 11.2 Å². The van der Waals surface area contributed by atoms with Crippen LogP contribution in [-0.4, -0.2) is 49.8 Å². The van der Waals surface area contributed by atoms with Gasteiger partial charge in [-0.2, -0.15) is 0 Å². The second-order valence-corrected chi connectivity index (χ2v) is 4.36. The number of hydrogen-bond donors (Lipinski definition) is 1. The standard InChI is InChI=1S/C14H21NO4/c1-10(16)14(17)15(2)8-7-11-9-12(18-3)5-6-13(11)19-4/h5-6,9-10,16H,7-8H2,1-4H3. The lowest BCUT2D eigenvalue weighted by Gasteiger charge is -2.19. The minimum absolute atomic E-state index is 0.290. The van der Waals surface area contributed by atoms with E-state index >= 15 is 0 Å². The number of rotatable bonds is 6. The number of carbonyl (C=O) groups excluding carboxylic acids is 1. The van der Waals surface area contributed by atoms with Crippen molar-refractivity contribution in [1.29, 1.82) is 0 Å². The third kappa shape index (κ3) is 4.13. The lowest BCUT2D eigenvalue weighted by molar-refractivity contribution is -0.137. The van der Waals surface area contributed by atoms with Crippen molar-refractivity contribution in [2.45, 2.75) is 19.4 Å². The molecule has 0 aliphatic heterocycles. The summed E-state index contributed by atoms with van der Waals surface area (Å²) in [7, 11) is 4.88. The summed E-state index contributed by atoms with van der Waals surface area (Å²) in [4.78, 5) is 13.1. The summed E-state index contributed by atoms with van der Waals surface area (Å²) in [6.07, 6.45) is -0.341. The van der Waals surface area contributed by atoms with Gasteiger partial charge in [0.2, 0.25) is 0 Å². The molecular formula is C14H21NO4. The summed E-state index contributed by atoms with van der Waals surface area (Å²) in [5.41, 5.74) is 0.965. The molecule has 1 unspecified atom stereocenters. The Hall–Kier alpha value is -1.75. The quantitative estimate of drug-likeness (QED) is 0.838. The minimum Gasteiger partial charge on any atom is -0.497 e. The van der Waals surface area contributed by atoms with Crippen LogP contribution in [0.4, 0.5) is 0 Å². The largest absolute Gasteiger partial charge is 0.497 e. The molecule has 19 heavy (non-hydrogen) atoms. The van der Waals surface area contributed by atoms with Crippen LogP contribution in [0.2, 0.25) is 0 Å². The van der Waals surface area contributed by atoms with Crippen LogP contribution < -0.4 is 9.47 Å². The SMILES string of the molecule is COc1ccc(OC)c(CCN(C)C(=O)C(C)O)c1. The van der Waals surface area contributed by atoms with Crippen molar-refractivity contribution in [1.82, 2.24) is 4.90 Å². The first-order valence-electron chi connectivity index (χ1n) is 6.13. The Bertz CT molecular complexity index is 431. The van der Waals surface area contributed by atoms with E-state index in [0.29, 0.717) is 13.0 Å². The number of benzene rings is 1. The number of likely N-dealkylation sites (N-methyl/N-ethyl adjacent to an activating group) is 1. The first kappa shape index (κ1) is 15.3. The van der Waals surface area contributed by atoms with Gasteiger partial charge in [0, 0.05) is 13.6 Å². The maximum Gasteiger partial charge on any atom is 0.250 e. The lowest BCUT2D eigenvalue weighted by atomic mass is 10.1. The highest BCUT2D eigenvalue weighted by atomic mass is 16.5. The Morgan fingerprint density at radius 2 is 2.05 bits per heavy atom. The van der Waals surface area contributed by atoms with E-state index in [1.807, 2.05) is 18.2 Å². The maximum absolute atomic E-state index is 11.6. The van der Waals surface area contributed by atoms with Gasteiger partial charge in [-0.05, 0) is 37.1 Å². The Labute approximate surface area is 113 Å². The summed E-state index contributed by atoms with van der Waals surface area (Å²) < 4.78 is 10.4. The number of hydrogen-bond acceptors (Lipinski definition) is 4. The van der Waals surface area contributed by atoms with E-state index in [1.165, 1.54) is 11.8 Å². The molecule has 0 radical (unpaired) electrons. The van der Waals surface area contributed by atoms with Gasteiger partial charge in [0.1, 0.15) is 17.6 Å². The molecule has 1 rings (SSSR count). The molecule has 1 atom stereocenters. The zero-order chi connectivity index (χ0) is 14.4. The van der Waals surface area contributed by atoms with Crippen LogP contribution in [0.15, 0.2) is 18.2 Å². The van der Waals surface area contributed by atoms with Crippen molar-refractivity contribution in [3.63, 3.8) is 0 Å². The normalized spacial score (nSPS) is 11.8. The molecular weight excluding hydrogens is 246 g/mol. The molecule has 0 fully saturated rings. The number of aliphatic hydroxyl groups excluding tert-OH is 1. The van der Waals surface area contributed by atoms with E-state index in [2.05, 4.69) is 0 Å². The van der Waals surface area contributed by atoms with Gasteiger partial charge in [-0.1, -0.05) is 0 Å². The van der Waals surface area contributed by atoms with Crippen LogP contribution >= 0.6 is 0 Å². The molecule has 1 aromatic carbocycles. The zero-order valence-electron chi connectivity index (χ0n) is 11.8. The molecule has 0 saturated carbocycles. The highest BCUT2D eigenvalue weighted by Crippen LogP contribution is 2.24. The number of aliphatic hydroxyl groups is 1. The van der Waals surface area contributed by atoms with Gasteiger partial charge in [-0.3, -0.25) is 4.79 Å². The molecule has 0 bridgehead atoms. The highest BCUT2D eigenvalue weighted by molar-refractivity contribution is 5.79. The molecule has 1 aromatic rings. The number of methoxy groups -OCH3 is 2. The summed E-state index contributed by atoms with van der Waals surface area (Å²) >= 11 is 0. The third-order valence-electron chi connectivity index (χ3n) is 2.94. The van der Waals surface area contributed by atoms with Crippen molar-refractivity contribution in [3.8, 4) is 11.5 Å². The van der Waals surface area contributed by atoms with E-state index in [1.54, 1.807) is 21.3 Å². The highest BCUT2D eigenvalue weighted by Gasteiger charge is 2.15. The average Bonchev–Trinajstić information content (AvgIpc) is 2.43. The van der Waals surface area contributed by atoms with Crippen LogP contribution in [0.5, 0.6) is 11.5 Å². The van der Waals surface area contributed by atoms with Crippen molar-refractivity contribution in [2.75, 3.05) is 27.8 Å². The second kappa shape index (κ2) is 6.99. The summed E-state index contributed by atoms with van der Waals surface area (Å²) in [6, 6.07) is 5.55. The second-order valence-electron chi connectivity index (χ2n) is 4.36. The molecule has 0 spiro atoms. The van der Waals surface area contributed by atoms with Crippen LogP contribution in [0.25, 0.3) is 0 Å². The number of carbonyl (C=O) groups is 1. The zero-order valence-corrected chi connectivity index (χ0v) is 11.8. The van der Waals surface area contributed by atoms with Gasteiger partial charge in [0.05, 0.1) is 14.2 Å². The van der Waals surface area contributed by atoms with Crippen molar-refractivity contribution >= 4 is 5.91 Å². The average molecular weight is 267 g/mol. The summed E-state index contributed by atoms with van der Waals surface area (Å²) in [5.74, 6) is 1.22. The number of ether oxygens (including phenoxy) is 2. The first-order valence-corrected chi connectivity index (χ1v) is 6.13. The molecule has 1 amide bonds. The van der Waals surface area contributed by atoms with E-state index in [0.717, 1.165) is 17.1 Å². The third-order valence-corrected chi connectivity index (χ3v) is 2.94. The van der Waals surface area contributed by atoms with E-state index in [9.17, 15) is 9.90 Å². The van der Waals surface area contributed by atoms with Crippen LogP contribution in [0.3, 0.4) is 0 Å². The topological polar surface area (TPSA) is 59.0 Å². The maximum atomic E-state index is 11.6. The predicted molar refractivity (Wildman–Crippen MR) is 72.6 cm³/mol. The van der Waals surface area contributed by atoms with Gasteiger partial charge >= 0.3 is 0 Å². The molecule has 106 valence electrons. The van der Waals surface area contributed by atoms with Crippen LogP contribution in [0, 0.1) is 0 Å². The van der Waals surface area contributed by atoms with Crippen molar-refractivity contribution in [3.05, 3.63) is 23.8 Å². The molecule has 0 saturated heterocycles. The van der Waals surface area contributed by atoms with Gasteiger partial charge in [0.25, 0.3) is 5.91 Å². The fourth-order valence-corrected chi connectivity index (χ4v) is 1.79. The molecule has 0 heterocycles. The molecule has 1 N–H and O–H groups in total. The molecule has 0 aliphatic carbocycles. The van der Waals surface area contributed by atoms with E-state index in [4.69, 9.17) is 9.47 Å². The molecule has 5 nitrogen and oxygen atoms in total. The van der Waals surface area contributed by atoms with Gasteiger partial charge < -0.3 is 19.5 Å². The Kier molecular flexibility index (Phi) is 5.63. The summed E-state index contributed by atoms with van der Waals surface area (Å²) in [6.45, 7) is 1.97. The number of nitrogens with zero attached hydrogens (tertiary/aromatic N) is 1. The van der Waals surface area contributed by atoms with Crippen molar-refractivity contribution in [2.24, 2.45) is 0 Å². The Morgan fingerprint density at radius 1 is 1.37 bits per heavy atom. The fourth-order valence-electron chi connectivity index (χ4n) is 1.79. The predicted octanol–water partition coefficient (Wildman–Crippen LogP) is 1.09. The van der Waals surface area contributed by atoms with Gasteiger partial charge in [-0.15, -0.1) is 0 Å². The van der Waals surface area contributed by atoms with Gasteiger partial charge in [-0.25, -0.2) is 0 Å². The first-order chi connectivity index (χ1) is 8.99. The smallest absolute Gasteiger partial charge is 0.250 e. The van der Waals surface area contributed by atoms with E-state index < -0.39 is 6.10 Å². The summed E-state index contributed by atoms with van der Waals surface area (Å²) in [5, 5.41) is 9.24. The van der Waals surface area contributed by atoms with Crippen molar-refractivity contribution < 1.29 is 19.4 Å². The monoisotopic (exact) mass is 267 g/mol.